The number of hydrogen-bond acceptors (Lipinski definition) is 6. The molecule has 1 amide bonds. The van der Waals surface area contributed by atoms with Crippen molar-refractivity contribution in [1.82, 2.24) is 4.98 Å². The predicted molar refractivity (Wildman–Crippen MR) is 113 cm³/mol. The minimum absolute atomic E-state index is 0.0547. The molecule has 0 aliphatic carbocycles. The maximum Gasteiger partial charge on any atom is 0.338 e. The van der Waals surface area contributed by atoms with Crippen LogP contribution in [-0.4, -0.2) is 23.1 Å². The van der Waals surface area contributed by atoms with Crippen molar-refractivity contribution in [2.24, 2.45) is 0 Å². The van der Waals surface area contributed by atoms with E-state index in [1.807, 2.05) is 49.6 Å². The van der Waals surface area contributed by atoms with Gasteiger partial charge in [0.2, 0.25) is 5.91 Å². The number of rotatable bonds is 6. The smallest absolute Gasteiger partial charge is 0.338 e. The van der Waals surface area contributed by atoms with Gasteiger partial charge < -0.3 is 4.74 Å². The molecule has 1 aromatic heterocycles. The lowest BCUT2D eigenvalue weighted by Crippen LogP contribution is -2.22. The summed E-state index contributed by atoms with van der Waals surface area (Å²) in [6, 6.07) is 14.9. The van der Waals surface area contributed by atoms with Gasteiger partial charge >= 0.3 is 5.97 Å². The minimum Gasteiger partial charge on any atom is -0.456 e. The van der Waals surface area contributed by atoms with Crippen LogP contribution in [0.25, 0.3) is 0 Å². The van der Waals surface area contributed by atoms with Crippen molar-refractivity contribution in [1.29, 1.82) is 0 Å². The van der Waals surface area contributed by atoms with E-state index in [0.717, 1.165) is 16.1 Å². The normalized spacial score (nSPS) is 10.5. The van der Waals surface area contributed by atoms with Crippen molar-refractivity contribution in [2.75, 3.05) is 11.2 Å². The zero-order valence-electron chi connectivity index (χ0n) is 15.8. The lowest BCUT2D eigenvalue weighted by molar-refractivity contribution is -0.115. The van der Waals surface area contributed by atoms with E-state index in [2.05, 4.69) is 4.98 Å². The number of carbonyl (C=O) groups is 2. The molecular formula is C21H20N2O3S2. The third kappa shape index (κ3) is 4.79. The molecule has 28 heavy (non-hydrogen) atoms. The highest BCUT2D eigenvalue weighted by atomic mass is 32.2. The quantitative estimate of drug-likeness (QED) is 0.411. The molecule has 0 atom stereocenters. The monoisotopic (exact) mass is 412 g/mol. The molecule has 0 unspecified atom stereocenters. The average molecular weight is 413 g/mol. The molecule has 3 aromatic rings. The first-order valence-corrected chi connectivity index (χ1v) is 10.7. The number of thiazole rings is 1. The highest BCUT2D eigenvalue weighted by molar-refractivity contribution is 7.98. The van der Waals surface area contributed by atoms with Crippen LogP contribution in [0.1, 0.15) is 28.5 Å². The fourth-order valence-corrected chi connectivity index (χ4v) is 3.89. The van der Waals surface area contributed by atoms with Crippen molar-refractivity contribution in [3.05, 3.63) is 70.7 Å². The molecule has 3 rings (SSSR count). The largest absolute Gasteiger partial charge is 0.456 e. The zero-order valence-corrected chi connectivity index (χ0v) is 17.5. The Balaban J connectivity index is 1.70. The summed E-state index contributed by atoms with van der Waals surface area (Å²) in [6.45, 7) is 3.53. The highest BCUT2D eigenvalue weighted by Crippen LogP contribution is 2.29. The van der Waals surface area contributed by atoms with Crippen molar-refractivity contribution < 1.29 is 14.3 Å². The minimum atomic E-state index is -0.399. The van der Waals surface area contributed by atoms with Crippen LogP contribution in [0, 0.1) is 6.92 Å². The van der Waals surface area contributed by atoms with Crippen molar-refractivity contribution in [3.63, 3.8) is 0 Å². The van der Waals surface area contributed by atoms with E-state index in [4.69, 9.17) is 4.74 Å². The Hall–Kier alpha value is -2.64. The van der Waals surface area contributed by atoms with E-state index in [0.29, 0.717) is 16.4 Å². The molecule has 0 spiro atoms. The molecular weight excluding hydrogens is 392 g/mol. The van der Waals surface area contributed by atoms with E-state index in [1.54, 1.807) is 34.2 Å². The lowest BCUT2D eigenvalue weighted by Gasteiger charge is -2.18. The first-order chi connectivity index (χ1) is 13.5. The van der Waals surface area contributed by atoms with E-state index in [9.17, 15) is 9.59 Å². The van der Waals surface area contributed by atoms with E-state index in [1.165, 1.54) is 18.3 Å². The molecule has 0 radical (unpaired) electrons. The third-order valence-corrected chi connectivity index (χ3v) is 5.60. The summed E-state index contributed by atoms with van der Waals surface area (Å²) in [7, 11) is 0. The second-order valence-electron chi connectivity index (χ2n) is 6.12. The fraction of sp³-hybridized carbons (Fsp3) is 0.190. The SMILES string of the molecule is CSc1ccc(C(=O)OCc2csc(N(C(C)=O)c3cccc(C)c3)n2)cc1. The van der Waals surface area contributed by atoms with Crippen molar-refractivity contribution in [3.8, 4) is 0 Å². The Kier molecular flexibility index (Phi) is 6.49. The third-order valence-electron chi connectivity index (χ3n) is 3.98. The number of nitrogens with zero attached hydrogens (tertiary/aromatic N) is 2. The van der Waals surface area contributed by atoms with Gasteiger partial charge in [0.1, 0.15) is 6.61 Å². The van der Waals surface area contributed by atoms with Crippen LogP contribution in [-0.2, 0) is 16.1 Å². The summed E-state index contributed by atoms with van der Waals surface area (Å²) >= 11 is 2.95. The second kappa shape index (κ2) is 9.03. The molecule has 0 saturated heterocycles. The zero-order chi connectivity index (χ0) is 20.1. The maximum absolute atomic E-state index is 12.2. The van der Waals surface area contributed by atoms with Gasteiger partial charge in [-0.15, -0.1) is 23.1 Å². The Labute approximate surface area is 172 Å². The van der Waals surface area contributed by atoms with Crippen LogP contribution in [0.2, 0.25) is 0 Å². The molecule has 0 bridgehead atoms. The van der Waals surface area contributed by atoms with Gasteiger partial charge in [-0.1, -0.05) is 12.1 Å². The molecule has 0 N–H and O–H groups in total. The Morgan fingerprint density at radius 3 is 2.57 bits per heavy atom. The first-order valence-electron chi connectivity index (χ1n) is 8.61. The summed E-state index contributed by atoms with van der Waals surface area (Å²) in [5.74, 6) is -0.526. The summed E-state index contributed by atoms with van der Waals surface area (Å²) in [6.07, 6.45) is 1.98. The topological polar surface area (TPSA) is 59.5 Å². The van der Waals surface area contributed by atoms with Crippen LogP contribution in [0.4, 0.5) is 10.8 Å². The number of thioether (sulfide) groups is 1. The Bertz CT molecular complexity index is 983. The second-order valence-corrected chi connectivity index (χ2v) is 7.84. The van der Waals surface area contributed by atoms with E-state index < -0.39 is 5.97 Å². The number of amides is 1. The molecule has 0 aliphatic heterocycles. The average Bonchev–Trinajstić information content (AvgIpc) is 3.14. The number of esters is 1. The predicted octanol–water partition coefficient (Wildman–Crippen LogP) is 5.22. The molecule has 144 valence electrons. The summed E-state index contributed by atoms with van der Waals surface area (Å²) < 4.78 is 5.36. The molecule has 0 aliphatic rings. The number of aromatic nitrogens is 1. The molecule has 0 saturated carbocycles. The number of carbonyl (C=O) groups excluding carboxylic acids is 2. The number of hydrogen-bond donors (Lipinski definition) is 0. The molecule has 2 aromatic carbocycles. The van der Waals surface area contributed by atoms with E-state index in [-0.39, 0.29) is 12.5 Å². The molecule has 5 nitrogen and oxygen atoms in total. The summed E-state index contributed by atoms with van der Waals surface area (Å²) in [4.78, 5) is 31.5. The summed E-state index contributed by atoms with van der Waals surface area (Å²) in [5, 5.41) is 2.35. The number of aryl methyl sites for hydroxylation is 1. The van der Waals surface area contributed by atoms with Gasteiger partial charge in [-0.3, -0.25) is 9.69 Å². The Morgan fingerprint density at radius 1 is 1.18 bits per heavy atom. The molecule has 7 heteroatoms. The van der Waals surface area contributed by atoms with Gasteiger partial charge in [0.25, 0.3) is 0 Å². The van der Waals surface area contributed by atoms with Gasteiger partial charge in [-0.05, 0) is 55.1 Å². The fourth-order valence-electron chi connectivity index (χ4n) is 2.61. The van der Waals surface area contributed by atoms with Gasteiger partial charge in [0.05, 0.1) is 16.9 Å². The molecule has 1 heterocycles. The van der Waals surface area contributed by atoms with E-state index >= 15 is 0 Å². The first kappa shape index (κ1) is 20.1. The van der Waals surface area contributed by atoms with Crippen LogP contribution in [0.3, 0.4) is 0 Å². The van der Waals surface area contributed by atoms with Crippen LogP contribution >= 0.6 is 23.1 Å². The standard InChI is InChI=1S/C21H20N2O3S2/c1-14-5-4-6-18(11-14)23(15(2)24)21-22-17(13-28-21)12-26-20(25)16-7-9-19(27-3)10-8-16/h4-11,13H,12H2,1-3H3. The van der Waals surface area contributed by atoms with Crippen molar-refractivity contribution in [2.45, 2.75) is 25.3 Å². The molecule has 0 fully saturated rings. The Morgan fingerprint density at radius 2 is 1.93 bits per heavy atom. The highest BCUT2D eigenvalue weighted by Gasteiger charge is 2.18. The van der Waals surface area contributed by atoms with Gasteiger partial charge in [0.15, 0.2) is 5.13 Å². The maximum atomic E-state index is 12.2. The van der Waals surface area contributed by atoms with Crippen molar-refractivity contribution >= 4 is 45.8 Å². The van der Waals surface area contributed by atoms with Crippen LogP contribution in [0.15, 0.2) is 58.8 Å². The number of benzene rings is 2. The van der Waals surface area contributed by atoms with Gasteiger partial charge in [-0.25, -0.2) is 9.78 Å². The number of ether oxygens (including phenoxy) is 1. The summed E-state index contributed by atoms with van der Waals surface area (Å²) in [5.41, 5.74) is 2.92. The van der Waals surface area contributed by atoms with Crippen LogP contribution in [0.5, 0.6) is 0 Å². The van der Waals surface area contributed by atoms with Crippen LogP contribution < -0.4 is 4.90 Å². The van der Waals surface area contributed by atoms with Gasteiger partial charge in [0, 0.05) is 17.2 Å². The van der Waals surface area contributed by atoms with Gasteiger partial charge in [-0.2, -0.15) is 0 Å². The number of anilines is 2. The lowest BCUT2D eigenvalue weighted by atomic mass is 10.2.